The van der Waals surface area contributed by atoms with Crippen LogP contribution in [0.2, 0.25) is 0 Å². The van der Waals surface area contributed by atoms with E-state index in [1.54, 1.807) is 0 Å². The van der Waals surface area contributed by atoms with Crippen LogP contribution < -0.4 is 0 Å². The Morgan fingerprint density at radius 1 is 0.692 bits per heavy atom. The van der Waals surface area contributed by atoms with Crippen molar-refractivity contribution in [3.8, 4) is 0 Å². The topological polar surface area (TPSA) is 9.23 Å². The molecule has 0 aliphatic heterocycles. The summed E-state index contributed by atoms with van der Waals surface area (Å²) in [5.74, 6) is 0. The molecule has 0 saturated heterocycles. The maximum Gasteiger partial charge on any atom is 0.346 e. The molecule has 0 aliphatic carbocycles. The number of rotatable bonds is 2. The number of alkyl halides is 1. The molecule has 78 valence electrons. The van der Waals surface area contributed by atoms with Gasteiger partial charge in [0, 0.05) is 0 Å². The fourth-order valence-electron chi connectivity index (χ4n) is 0.156. The van der Waals surface area contributed by atoms with Crippen LogP contribution in [0.1, 0.15) is 0 Å². The highest BCUT2D eigenvalue weighted by atomic mass is 19.3. The second-order valence-corrected chi connectivity index (χ2v) is 1.17. The van der Waals surface area contributed by atoms with E-state index in [2.05, 4.69) is 4.74 Å². The molecule has 0 aromatic rings. The first-order valence-electron chi connectivity index (χ1n) is 2.42. The Morgan fingerprint density at radius 2 is 0.923 bits per heavy atom. The van der Waals surface area contributed by atoms with Crippen LogP contribution in [0.4, 0.5) is 30.7 Å². The minimum Gasteiger partial charge on any atom is -0.396 e. The summed E-state index contributed by atoms with van der Waals surface area (Å²) in [6.07, 6.45) is -6.03. The van der Waals surface area contributed by atoms with Gasteiger partial charge in [-0.25, -0.2) is 0 Å². The molecule has 0 rings (SSSR count). The van der Waals surface area contributed by atoms with Crippen LogP contribution in [0.15, 0.2) is 24.2 Å². The normalized spacial score (nSPS) is 8.00. The molecule has 0 aliphatic rings. The number of hydrogen-bond donors (Lipinski definition) is 0. The molecular weight excluding hydrogens is 209 g/mol. The summed E-state index contributed by atoms with van der Waals surface area (Å²) in [6.45, 7) is 0. The summed E-state index contributed by atoms with van der Waals surface area (Å²) < 4.78 is 79.1. The second-order valence-electron chi connectivity index (χ2n) is 1.17. The molecule has 0 saturated carbocycles. The van der Waals surface area contributed by atoms with Gasteiger partial charge in [-0.3, -0.25) is 4.39 Å². The van der Waals surface area contributed by atoms with Gasteiger partial charge >= 0.3 is 24.2 Å². The lowest BCUT2D eigenvalue weighted by molar-refractivity contribution is 0.109. The second kappa shape index (κ2) is 7.44. The van der Waals surface area contributed by atoms with Crippen LogP contribution in [-0.2, 0) is 4.74 Å². The lowest BCUT2D eigenvalue weighted by Gasteiger charge is -1.94. The minimum absolute atomic E-state index is 0.500. The maximum absolute atomic E-state index is 11.4. The zero-order valence-electron chi connectivity index (χ0n) is 6.05. The summed E-state index contributed by atoms with van der Waals surface area (Å²) in [5, 5.41) is 0. The quantitative estimate of drug-likeness (QED) is 0.501. The highest BCUT2D eigenvalue weighted by molar-refractivity contribution is 4.90. The van der Waals surface area contributed by atoms with Gasteiger partial charge in [-0.2, -0.15) is 26.3 Å². The van der Waals surface area contributed by atoms with Gasteiger partial charge in [0.1, 0.15) is 0 Å². The van der Waals surface area contributed by atoms with E-state index in [1.165, 1.54) is 0 Å². The first-order chi connectivity index (χ1) is 5.95. The van der Waals surface area contributed by atoms with Crippen LogP contribution in [0.25, 0.3) is 0 Å². The van der Waals surface area contributed by atoms with Crippen LogP contribution in [0, 0.1) is 0 Å². The Kier molecular flexibility index (Phi) is 8.20. The van der Waals surface area contributed by atoms with Crippen molar-refractivity contribution in [1.29, 1.82) is 0 Å². The summed E-state index contributed by atoms with van der Waals surface area (Å²) in [4.78, 5) is 0. The van der Waals surface area contributed by atoms with E-state index in [0.29, 0.717) is 7.18 Å². The van der Waals surface area contributed by atoms with Gasteiger partial charge in [-0.15, -0.1) is 0 Å². The van der Waals surface area contributed by atoms with Crippen LogP contribution in [0.5, 0.6) is 0 Å². The Morgan fingerprint density at radius 3 is 1.08 bits per heavy atom. The molecule has 0 unspecified atom stereocenters. The monoisotopic (exact) mass is 212 g/mol. The van der Waals surface area contributed by atoms with E-state index in [4.69, 9.17) is 0 Å². The summed E-state index contributed by atoms with van der Waals surface area (Å²) in [5.41, 5.74) is 0. The van der Waals surface area contributed by atoms with Crippen LogP contribution in [0.3, 0.4) is 0 Å². The molecular formula is C5H3F7O. The van der Waals surface area contributed by atoms with E-state index >= 15 is 0 Å². The Bertz CT molecular complexity index is 179. The zero-order valence-corrected chi connectivity index (χ0v) is 6.05. The maximum atomic E-state index is 11.4. The van der Waals surface area contributed by atoms with Crippen molar-refractivity contribution in [2.45, 2.75) is 0 Å². The third kappa shape index (κ3) is 7.16. The SMILES string of the molecule is CF.FC(F)=C(F)OC(F)=C(F)F. The molecule has 0 amide bonds. The molecule has 0 bridgehead atoms. The lowest BCUT2D eigenvalue weighted by Crippen LogP contribution is -1.85. The standard InChI is InChI=1S/C4F6O.CH3F/c5-1(6)3(9)11-4(10)2(7)8;1-2/h;1H3. The van der Waals surface area contributed by atoms with Gasteiger partial charge in [0.2, 0.25) is 0 Å². The first kappa shape index (κ1) is 14.3. The van der Waals surface area contributed by atoms with Crippen LogP contribution >= 0.6 is 0 Å². The highest BCUT2D eigenvalue weighted by Gasteiger charge is 2.13. The molecule has 8 heteroatoms. The van der Waals surface area contributed by atoms with Gasteiger partial charge in [0.15, 0.2) is 0 Å². The minimum atomic E-state index is -3.01. The third-order valence-corrected chi connectivity index (χ3v) is 0.476. The van der Waals surface area contributed by atoms with E-state index in [1.807, 2.05) is 0 Å². The van der Waals surface area contributed by atoms with Crippen molar-refractivity contribution in [3.05, 3.63) is 24.2 Å². The summed E-state index contributed by atoms with van der Waals surface area (Å²) in [7, 11) is 0.500. The van der Waals surface area contributed by atoms with E-state index in [-0.39, 0.29) is 0 Å². The molecule has 0 spiro atoms. The largest absolute Gasteiger partial charge is 0.396 e. The average Bonchev–Trinajstić information content (AvgIpc) is 2.07. The fraction of sp³-hybridized carbons (Fsp3) is 0.200. The van der Waals surface area contributed by atoms with Gasteiger partial charge in [-0.1, -0.05) is 0 Å². The van der Waals surface area contributed by atoms with Crippen molar-refractivity contribution in [1.82, 2.24) is 0 Å². The van der Waals surface area contributed by atoms with E-state index < -0.39 is 24.2 Å². The molecule has 0 aromatic heterocycles. The highest BCUT2D eigenvalue weighted by Crippen LogP contribution is 2.19. The molecule has 0 N–H and O–H groups in total. The zero-order chi connectivity index (χ0) is 11.0. The Hall–Kier alpha value is -1.21. The number of ether oxygens (including phenoxy) is 1. The average molecular weight is 212 g/mol. The van der Waals surface area contributed by atoms with Gasteiger partial charge < -0.3 is 4.74 Å². The molecule has 13 heavy (non-hydrogen) atoms. The van der Waals surface area contributed by atoms with Gasteiger partial charge in [-0.05, 0) is 0 Å². The number of hydrogen-bond acceptors (Lipinski definition) is 1. The summed E-state index contributed by atoms with van der Waals surface area (Å²) in [6, 6.07) is -5.37. The molecule has 0 heterocycles. The van der Waals surface area contributed by atoms with Gasteiger partial charge in [0.25, 0.3) is 0 Å². The lowest BCUT2D eigenvalue weighted by atomic mass is 10.9. The molecule has 0 fully saturated rings. The fourth-order valence-corrected chi connectivity index (χ4v) is 0.156. The van der Waals surface area contributed by atoms with Crippen molar-refractivity contribution in [3.63, 3.8) is 0 Å². The van der Waals surface area contributed by atoms with Crippen molar-refractivity contribution in [2.75, 3.05) is 7.18 Å². The van der Waals surface area contributed by atoms with E-state index in [0.717, 1.165) is 0 Å². The predicted molar refractivity (Wildman–Crippen MR) is 28.8 cm³/mol. The van der Waals surface area contributed by atoms with Crippen molar-refractivity contribution >= 4 is 0 Å². The first-order valence-corrected chi connectivity index (χ1v) is 2.42. The van der Waals surface area contributed by atoms with Crippen LogP contribution in [-0.4, -0.2) is 7.18 Å². The Balaban J connectivity index is 0. The van der Waals surface area contributed by atoms with E-state index in [9.17, 15) is 30.7 Å². The molecule has 0 atom stereocenters. The third-order valence-electron chi connectivity index (χ3n) is 0.476. The summed E-state index contributed by atoms with van der Waals surface area (Å²) >= 11 is 0. The Labute approximate surface area is 68.1 Å². The predicted octanol–water partition coefficient (Wildman–Crippen LogP) is 3.66. The molecule has 0 radical (unpaired) electrons. The smallest absolute Gasteiger partial charge is 0.346 e. The number of halogens is 7. The molecule has 0 aromatic carbocycles. The van der Waals surface area contributed by atoms with Crippen molar-refractivity contribution < 1.29 is 35.5 Å². The van der Waals surface area contributed by atoms with Gasteiger partial charge in [0.05, 0.1) is 7.18 Å². The van der Waals surface area contributed by atoms with Crippen molar-refractivity contribution in [2.24, 2.45) is 0 Å². The molecule has 1 nitrogen and oxygen atoms in total.